The maximum absolute atomic E-state index is 4.19. The van der Waals surface area contributed by atoms with Crippen LogP contribution in [0, 0.1) is 0 Å². The Morgan fingerprint density at radius 2 is 1.81 bits per heavy atom. The van der Waals surface area contributed by atoms with Crippen LogP contribution in [-0.2, 0) is 12.8 Å². The van der Waals surface area contributed by atoms with Crippen LogP contribution in [0.15, 0.2) is 30.7 Å². The zero-order valence-electron chi connectivity index (χ0n) is 9.64. The number of hydrogen-bond acceptors (Lipinski definition) is 3. The van der Waals surface area contributed by atoms with Crippen LogP contribution < -0.4 is 0 Å². The minimum absolute atomic E-state index is 0.926. The van der Waals surface area contributed by atoms with E-state index in [1.807, 2.05) is 18.3 Å². The van der Waals surface area contributed by atoms with Gasteiger partial charge in [0.2, 0.25) is 0 Å². The molecule has 2 aromatic heterocycles. The highest BCUT2D eigenvalue weighted by Gasteiger charge is 2.09. The molecule has 0 aliphatic carbocycles. The first-order chi connectivity index (χ1) is 7.86. The Labute approximate surface area is 95.6 Å². The van der Waals surface area contributed by atoms with Crippen molar-refractivity contribution in [2.45, 2.75) is 26.7 Å². The molecule has 0 aromatic carbocycles. The molecule has 0 atom stereocenters. The summed E-state index contributed by atoms with van der Waals surface area (Å²) in [6.07, 6.45) is 7.36. The zero-order valence-corrected chi connectivity index (χ0v) is 9.64. The van der Waals surface area contributed by atoms with E-state index in [-0.39, 0.29) is 0 Å². The Bertz CT molecular complexity index is 466. The van der Waals surface area contributed by atoms with Gasteiger partial charge < -0.3 is 0 Å². The van der Waals surface area contributed by atoms with E-state index in [4.69, 9.17) is 0 Å². The molecule has 0 bridgehead atoms. The Morgan fingerprint density at radius 3 is 2.44 bits per heavy atom. The molecular weight excluding hydrogens is 198 g/mol. The first-order valence-electron chi connectivity index (χ1n) is 5.60. The van der Waals surface area contributed by atoms with Crippen molar-refractivity contribution in [3.05, 3.63) is 42.0 Å². The molecule has 0 fully saturated rings. The van der Waals surface area contributed by atoms with Crippen LogP contribution in [0.3, 0.4) is 0 Å². The van der Waals surface area contributed by atoms with E-state index in [0.717, 1.165) is 24.1 Å². The van der Waals surface area contributed by atoms with Gasteiger partial charge in [0.05, 0.1) is 11.9 Å². The van der Waals surface area contributed by atoms with Gasteiger partial charge in [-0.1, -0.05) is 13.8 Å². The lowest BCUT2D eigenvalue weighted by atomic mass is 9.99. The van der Waals surface area contributed by atoms with Crippen molar-refractivity contribution in [2.75, 3.05) is 0 Å². The highest BCUT2D eigenvalue weighted by molar-refractivity contribution is 5.66. The average molecular weight is 213 g/mol. The zero-order chi connectivity index (χ0) is 11.4. The molecule has 0 unspecified atom stereocenters. The van der Waals surface area contributed by atoms with E-state index < -0.39 is 0 Å². The van der Waals surface area contributed by atoms with Gasteiger partial charge in [-0.15, -0.1) is 0 Å². The topological polar surface area (TPSA) is 38.7 Å². The van der Waals surface area contributed by atoms with E-state index in [0.29, 0.717) is 0 Å². The molecule has 3 nitrogen and oxygen atoms in total. The van der Waals surface area contributed by atoms with Gasteiger partial charge in [0.15, 0.2) is 0 Å². The molecule has 0 saturated carbocycles. The second-order valence-corrected chi connectivity index (χ2v) is 3.63. The Morgan fingerprint density at radius 1 is 1.06 bits per heavy atom. The smallest absolute Gasteiger partial charge is 0.0666 e. The van der Waals surface area contributed by atoms with Crippen molar-refractivity contribution < 1.29 is 0 Å². The summed E-state index contributed by atoms with van der Waals surface area (Å²) in [4.78, 5) is 4.03. The summed E-state index contributed by atoms with van der Waals surface area (Å²) >= 11 is 0. The third kappa shape index (κ3) is 1.94. The number of pyridine rings is 1. The minimum Gasteiger partial charge on any atom is -0.265 e. The van der Waals surface area contributed by atoms with Crippen molar-refractivity contribution in [1.29, 1.82) is 0 Å². The fraction of sp³-hybridized carbons (Fsp3) is 0.308. The molecule has 2 heterocycles. The van der Waals surface area contributed by atoms with Crippen molar-refractivity contribution in [2.24, 2.45) is 0 Å². The van der Waals surface area contributed by atoms with Gasteiger partial charge in [-0.25, -0.2) is 0 Å². The fourth-order valence-corrected chi connectivity index (χ4v) is 1.91. The summed E-state index contributed by atoms with van der Waals surface area (Å²) in [5, 5.41) is 8.26. The van der Waals surface area contributed by atoms with Crippen molar-refractivity contribution in [1.82, 2.24) is 15.2 Å². The van der Waals surface area contributed by atoms with Gasteiger partial charge in [-0.2, -0.15) is 10.2 Å². The quantitative estimate of drug-likeness (QED) is 0.786. The third-order valence-electron chi connectivity index (χ3n) is 2.72. The molecule has 0 amide bonds. The average Bonchev–Trinajstić information content (AvgIpc) is 2.38. The van der Waals surface area contributed by atoms with Gasteiger partial charge in [-0.05, 0) is 36.1 Å². The Kier molecular flexibility index (Phi) is 3.25. The van der Waals surface area contributed by atoms with Crippen molar-refractivity contribution in [3.63, 3.8) is 0 Å². The highest BCUT2D eigenvalue weighted by atomic mass is 15.1. The lowest BCUT2D eigenvalue weighted by Gasteiger charge is -2.10. The van der Waals surface area contributed by atoms with Crippen LogP contribution in [0.25, 0.3) is 11.1 Å². The molecule has 2 rings (SSSR count). The number of hydrogen-bond donors (Lipinski definition) is 0. The second kappa shape index (κ2) is 4.84. The summed E-state index contributed by atoms with van der Waals surface area (Å²) < 4.78 is 0. The predicted molar refractivity (Wildman–Crippen MR) is 64.0 cm³/mol. The Hall–Kier alpha value is -1.77. The van der Waals surface area contributed by atoms with Crippen LogP contribution in [0.4, 0.5) is 0 Å². The molecule has 82 valence electrons. The van der Waals surface area contributed by atoms with Crippen molar-refractivity contribution in [3.8, 4) is 11.1 Å². The first-order valence-corrected chi connectivity index (χ1v) is 5.60. The summed E-state index contributed by atoms with van der Waals surface area (Å²) in [5.41, 5.74) is 4.73. The number of nitrogens with zero attached hydrogens (tertiary/aromatic N) is 3. The van der Waals surface area contributed by atoms with Gasteiger partial charge in [0.1, 0.15) is 0 Å². The normalized spacial score (nSPS) is 10.4. The van der Waals surface area contributed by atoms with Gasteiger partial charge >= 0.3 is 0 Å². The van der Waals surface area contributed by atoms with Crippen LogP contribution >= 0.6 is 0 Å². The number of aromatic nitrogens is 3. The summed E-state index contributed by atoms with van der Waals surface area (Å²) in [5.74, 6) is 0. The second-order valence-electron chi connectivity index (χ2n) is 3.63. The predicted octanol–water partition coefficient (Wildman–Crippen LogP) is 2.66. The molecule has 0 aliphatic heterocycles. The summed E-state index contributed by atoms with van der Waals surface area (Å²) in [7, 11) is 0. The molecular formula is C13H15N3. The maximum atomic E-state index is 4.19. The molecule has 0 radical (unpaired) electrons. The van der Waals surface area contributed by atoms with E-state index >= 15 is 0 Å². The number of rotatable bonds is 3. The molecule has 16 heavy (non-hydrogen) atoms. The van der Waals surface area contributed by atoms with Crippen molar-refractivity contribution >= 4 is 0 Å². The molecule has 0 saturated heterocycles. The summed E-state index contributed by atoms with van der Waals surface area (Å²) in [6, 6.07) is 4.02. The monoisotopic (exact) mass is 213 g/mol. The van der Waals surface area contributed by atoms with E-state index in [2.05, 4.69) is 29.0 Å². The highest BCUT2D eigenvalue weighted by Crippen LogP contribution is 2.24. The molecule has 0 spiro atoms. The molecule has 0 aliphatic rings. The largest absolute Gasteiger partial charge is 0.265 e. The first kappa shape index (κ1) is 10.7. The standard InChI is InChI=1S/C13H15N3/c1-3-11-12(9-15-16-13(11)4-2)10-5-7-14-8-6-10/h5-9H,3-4H2,1-2H3. The van der Waals surface area contributed by atoms with Crippen LogP contribution in [0.2, 0.25) is 0 Å². The summed E-state index contributed by atoms with van der Waals surface area (Å²) in [6.45, 7) is 4.26. The fourth-order valence-electron chi connectivity index (χ4n) is 1.91. The lowest BCUT2D eigenvalue weighted by Crippen LogP contribution is -2.00. The SMILES string of the molecule is CCc1nncc(-c2ccncc2)c1CC. The minimum atomic E-state index is 0.926. The van der Waals surface area contributed by atoms with Crippen LogP contribution in [-0.4, -0.2) is 15.2 Å². The van der Waals surface area contributed by atoms with E-state index in [9.17, 15) is 0 Å². The van der Waals surface area contributed by atoms with Gasteiger partial charge in [0, 0.05) is 18.0 Å². The van der Waals surface area contributed by atoms with E-state index in [1.54, 1.807) is 12.4 Å². The molecule has 2 aromatic rings. The molecule has 0 N–H and O–H groups in total. The van der Waals surface area contributed by atoms with Crippen LogP contribution in [0.1, 0.15) is 25.1 Å². The molecule has 3 heteroatoms. The van der Waals surface area contributed by atoms with E-state index in [1.165, 1.54) is 11.1 Å². The lowest BCUT2D eigenvalue weighted by molar-refractivity contribution is 0.881. The van der Waals surface area contributed by atoms with Crippen LogP contribution in [0.5, 0.6) is 0 Å². The van der Waals surface area contributed by atoms with Gasteiger partial charge in [0.25, 0.3) is 0 Å². The third-order valence-corrected chi connectivity index (χ3v) is 2.72. The van der Waals surface area contributed by atoms with Gasteiger partial charge in [-0.3, -0.25) is 4.98 Å². The number of aryl methyl sites for hydroxylation is 1. The maximum Gasteiger partial charge on any atom is 0.0666 e. The Balaban J connectivity index is 2.57.